The normalized spacial score (nSPS) is 21.8. The van der Waals surface area contributed by atoms with Crippen molar-refractivity contribution in [3.05, 3.63) is 23.9 Å². The number of carbonyl (C=O) groups excluding carboxylic acids is 1. The van der Waals surface area contributed by atoms with Crippen molar-refractivity contribution < 1.29 is 9.53 Å². The van der Waals surface area contributed by atoms with E-state index < -0.39 is 0 Å². The lowest BCUT2D eigenvalue weighted by Crippen LogP contribution is -2.45. The number of aromatic nitrogens is 1. The molecule has 19 heavy (non-hydrogen) atoms. The zero-order valence-electron chi connectivity index (χ0n) is 10.8. The lowest BCUT2D eigenvalue weighted by molar-refractivity contribution is -0.110. The maximum atomic E-state index is 11.2. The van der Waals surface area contributed by atoms with Gasteiger partial charge in [-0.1, -0.05) is 6.07 Å². The Morgan fingerprint density at radius 1 is 1.58 bits per heavy atom. The quantitative estimate of drug-likeness (QED) is 0.755. The average Bonchev–Trinajstić information content (AvgIpc) is 2.40. The van der Waals surface area contributed by atoms with Crippen LogP contribution in [-0.2, 0) is 11.2 Å². The summed E-state index contributed by atoms with van der Waals surface area (Å²) in [7, 11) is 3.22. The van der Waals surface area contributed by atoms with Gasteiger partial charge in [-0.05, 0) is 40.8 Å². The summed E-state index contributed by atoms with van der Waals surface area (Å²) >= 11 is 2.02. The van der Waals surface area contributed by atoms with E-state index in [1.165, 1.54) is 8.93 Å². The summed E-state index contributed by atoms with van der Waals surface area (Å²) in [6.45, 7) is 0. The van der Waals surface area contributed by atoms with Crippen LogP contribution in [0.3, 0.4) is 0 Å². The molecule has 2 rings (SSSR count). The predicted octanol–water partition coefficient (Wildman–Crippen LogP) is 2.75. The monoisotopic (exact) mass is 392 g/mol. The number of rotatable bonds is 6. The minimum absolute atomic E-state index is 0.202. The van der Waals surface area contributed by atoms with Crippen LogP contribution in [0.4, 0.5) is 0 Å². The molecule has 0 atom stereocenters. The van der Waals surface area contributed by atoms with E-state index in [1.54, 1.807) is 6.20 Å². The summed E-state index contributed by atoms with van der Waals surface area (Å²) in [5.74, 6) is 0.679. The molecule has 6 heteroatoms. The van der Waals surface area contributed by atoms with Crippen molar-refractivity contribution >= 4 is 35.3 Å². The summed E-state index contributed by atoms with van der Waals surface area (Å²) in [4.78, 5) is 15.5. The summed E-state index contributed by atoms with van der Waals surface area (Å²) in [6, 6.07) is 4.46. The number of nitrogens with zero attached hydrogens (tertiary/aromatic N) is 1. The average molecular weight is 392 g/mol. The smallest absolute Gasteiger partial charge is 0.213 e. The Balaban J connectivity index is 1.77. The third kappa shape index (κ3) is 4.61. The van der Waals surface area contributed by atoms with E-state index in [0.717, 1.165) is 24.8 Å². The van der Waals surface area contributed by atoms with Gasteiger partial charge in [0.2, 0.25) is 5.88 Å². The number of hydrogen-bond acceptors (Lipinski definition) is 5. The van der Waals surface area contributed by atoms with Crippen LogP contribution in [0.15, 0.2) is 18.3 Å². The Hall–Kier alpha value is -0.340. The molecule has 0 aliphatic heterocycles. The van der Waals surface area contributed by atoms with Crippen molar-refractivity contribution in [3.63, 3.8) is 0 Å². The molecule has 104 valence electrons. The van der Waals surface area contributed by atoms with Gasteiger partial charge in [0.05, 0.1) is 0 Å². The second kappa shape index (κ2) is 7.44. The molecule has 0 unspecified atom stereocenters. The Morgan fingerprint density at radius 2 is 2.37 bits per heavy atom. The Labute approximate surface area is 129 Å². The Bertz CT molecular complexity index is 421. The highest BCUT2D eigenvalue weighted by molar-refractivity contribution is 14.2. The molecule has 4 nitrogen and oxygen atoms in total. The molecule has 0 amide bonds. The number of aryl methyl sites for hydroxylation is 1. The minimum Gasteiger partial charge on any atom is -0.474 e. The van der Waals surface area contributed by atoms with Crippen molar-refractivity contribution in [2.24, 2.45) is 0 Å². The second-order valence-corrected chi connectivity index (χ2v) is 6.58. The van der Waals surface area contributed by atoms with Crippen LogP contribution in [0.5, 0.6) is 5.88 Å². The van der Waals surface area contributed by atoms with Crippen LogP contribution < -0.4 is 10.1 Å². The van der Waals surface area contributed by atoms with Crippen LogP contribution in [0.2, 0.25) is 0 Å². The third-order valence-corrected chi connectivity index (χ3v) is 5.14. The van der Waals surface area contributed by atoms with E-state index in [0.29, 0.717) is 18.3 Å². The SMILES string of the molecule is CN[C@H]1C[C@H](Oc2ccc(CCC(=O)SI)cn2)C1. The zero-order chi connectivity index (χ0) is 13.7. The molecule has 1 aliphatic carbocycles. The van der Waals surface area contributed by atoms with E-state index in [1.807, 2.05) is 40.4 Å². The molecule has 0 bridgehead atoms. The van der Waals surface area contributed by atoms with E-state index in [9.17, 15) is 4.79 Å². The molecule has 1 aromatic heterocycles. The van der Waals surface area contributed by atoms with Gasteiger partial charge in [-0.2, -0.15) is 0 Å². The Kier molecular flexibility index (Phi) is 5.90. The highest BCUT2D eigenvalue weighted by atomic mass is 127. The molecular weight excluding hydrogens is 375 g/mol. The molecule has 0 saturated heterocycles. The number of carbonyl (C=O) groups is 1. The lowest BCUT2D eigenvalue weighted by Gasteiger charge is -2.34. The number of pyridine rings is 1. The number of nitrogens with one attached hydrogen (secondary N) is 1. The topological polar surface area (TPSA) is 51.2 Å². The first kappa shape index (κ1) is 15.1. The predicted molar refractivity (Wildman–Crippen MR) is 85.7 cm³/mol. The van der Waals surface area contributed by atoms with Gasteiger partial charge < -0.3 is 10.1 Å². The number of hydrogen-bond donors (Lipinski definition) is 1. The van der Waals surface area contributed by atoms with Crippen molar-refractivity contribution in [3.8, 4) is 5.88 Å². The fourth-order valence-corrected chi connectivity index (χ4v) is 2.82. The van der Waals surface area contributed by atoms with Gasteiger partial charge in [-0.3, -0.25) is 4.79 Å². The van der Waals surface area contributed by atoms with Crippen LogP contribution in [-0.4, -0.2) is 29.3 Å². The maximum absolute atomic E-state index is 11.2. The van der Waals surface area contributed by atoms with Crippen LogP contribution in [0, 0.1) is 0 Å². The molecule has 1 aromatic rings. The van der Waals surface area contributed by atoms with Gasteiger partial charge in [0.15, 0.2) is 5.12 Å². The third-order valence-electron chi connectivity index (χ3n) is 3.29. The number of halogens is 1. The van der Waals surface area contributed by atoms with Crippen LogP contribution >= 0.6 is 30.1 Å². The van der Waals surface area contributed by atoms with Crippen LogP contribution in [0.25, 0.3) is 0 Å². The fourth-order valence-electron chi connectivity index (χ4n) is 1.98. The first-order chi connectivity index (χ1) is 9.21. The second-order valence-electron chi connectivity index (χ2n) is 4.65. The van der Waals surface area contributed by atoms with E-state index in [2.05, 4.69) is 10.3 Å². The summed E-state index contributed by atoms with van der Waals surface area (Å²) in [5.41, 5.74) is 1.08. The molecule has 0 radical (unpaired) electrons. The van der Waals surface area contributed by atoms with E-state index in [4.69, 9.17) is 4.74 Å². The van der Waals surface area contributed by atoms with Crippen molar-refractivity contribution in [1.82, 2.24) is 10.3 Å². The molecule has 1 saturated carbocycles. The molecule has 1 heterocycles. The van der Waals surface area contributed by atoms with Gasteiger partial charge in [-0.15, -0.1) is 0 Å². The van der Waals surface area contributed by atoms with Gasteiger partial charge in [0.1, 0.15) is 6.10 Å². The molecule has 1 fully saturated rings. The van der Waals surface area contributed by atoms with Gasteiger partial charge >= 0.3 is 0 Å². The highest BCUT2D eigenvalue weighted by Crippen LogP contribution is 2.24. The van der Waals surface area contributed by atoms with Gasteiger partial charge in [-0.25, -0.2) is 4.98 Å². The minimum atomic E-state index is 0.202. The molecule has 0 aromatic carbocycles. The summed E-state index contributed by atoms with van der Waals surface area (Å²) < 4.78 is 5.76. The first-order valence-electron chi connectivity index (χ1n) is 6.31. The maximum Gasteiger partial charge on any atom is 0.213 e. The van der Waals surface area contributed by atoms with Crippen molar-refractivity contribution in [2.75, 3.05) is 7.05 Å². The standard InChI is InChI=1S/C13H17IN2O2S/c1-15-10-6-11(7-10)18-12-4-2-9(8-16-12)3-5-13(17)19-14/h2,4,8,10-11,15H,3,5-7H2,1H3/t10-,11-. The van der Waals surface area contributed by atoms with Gasteiger partial charge in [0.25, 0.3) is 0 Å². The molecule has 1 N–H and O–H groups in total. The van der Waals surface area contributed by atoms with Gasteiger partial charge in [0, 0.05) is 45.9 Å². The fraction of sp³-hybridized carbons (Fsp3) is 0.538. The molecule has 1 aliphatic rings. The van der Waals surface area contributed by atoms with E-state index >= 15 is 0 Å². The summed E-state index contributed by atoms with van der Waals surface area (Å²) in [5, 5.41) is 3.43. The zero-order valence-corrected chi connectivity index (χ0v) is 13.7. The molecular formula is C13H17IN2O2S. The largest absolute Gasteiger partial charge is 0.474 e. The Morgan fingerprint density at radius 3 is 2.95 bits per heavy atom. The van der Waals surface area contributed by atoms with Crippen molar-refractivity contribution in [1.29, 1.82) is 0 Å². The number of ether oxygens (including phenoxy) is 1. The molecule has 0 spiro atoms. The summed E-state index contributed by atoms with van der Waals surface area (Å²) in [6.07, 6.45) is 5.47. The first-order valence-corrected chi connectivity index (χ1v) is 9.67. The highest BCUT2D eigenvalue weighted by Gasteiger charge is 2.29. The van der Waals surface area contributed by atoms with Crippen molar-refractivity contribution in [2.45, 2.75) is 37.8 Å². The lowest BCUT2D eigenvalue weighted by atomic mass is 9.89. The van der Waals surface area contributed by atoms with E-state index in [-0.39, 0.29) is 11.2 Å². The van der Waals surface area contributed by atoms with Crippen LogP contribution in [0.1, 0.15) is 24.8 Å².